The van der Waals surface area contributed by atoms with Crippen LogP contribution < -0.4 is 5.32 Å². The Balaban J connectivity index is 2.58. The van der Waals surface area contributed by atoms with Gasteiger partial charge in [0.15, 0.2) is 4.83 Å². The van der Waals surface area contributed by atoms with Crippen LogP contribution in [0.25, 0.3) is 0 Å². The van der Waals surface area contributed by atoms with Gasteiger partial charge in [-0.2, -0.15) is 0 Å². The van der Waals surface area contributed by atoms with E-state index in [9.17, 15) is 0 Å². The summed E-state index contributed by atoms with van der Waals surface area (Å²) in [6, 6.07) is 0. The second-order valence-corrected chi connectivity index (χ2v) is 3.75. The zero-order valence-electron chi connectivity index (χ0n) is 4.40. The topological polar surface area (TPSA) is 32.3 Å². The van der Waals surface area contributed by atoms with E-state index in [1.165, 1.54) is 11.8 Å². The lowest BCUT2D eigenvalue weighted by Gasteiger charge is -1.96. The molecule has 1 aliphatic heterocycles. The van der Waals surface area contributed by atoms with Gasteiger partial charge < -0.3 is 10.4 Å². The smallest absolute Gasteiger partial charge is 0.153 e. The standard InChI is InChI=1S/C4H5Cl2NOS/c5-3-2(1-8)9-4(6)7-3/h4,7-8H,1H2. The van der Waals surface area contributed by atoms with Crippen LogP contribution in [-0.2, 0) is 0 Å². The predicted molar refractivity (Wildman–Crippen MR) is 40.3 cm³/mol. The highest BCUT2D eigenvalue weighted by Crippen LogP contribution is 2.33. The maximum absolute atomic E-state index is 8.59. The molecule has 0 radical (unpaired) electrons. The van der Waals surface area contributed by atoms with E-state index in [-0.39, 0.29) is 11.4 Å². The highest BCUT2D eigenvalue weighted by molar-refractivity contribution is 8.05. The molecule has 1 atom stereocenters. The van der Waals surface area contributed by atoms with Crippen molar-refractivity contribution in [2.45, 2.75) is 4.83 Å². The first-order chi connectivity index (χ1) is 4.24. The van der Waals surface area contributed by atoms with Crippen molar-refractivity contribution in [3.8, 4) is 0 Å². The van der Waals surface area contributed by atoms with Gasteiger partial charge in [-0.3, -0.25) is 0 Å². The Bertz CT molecular complexity index is 150. The Morgan fingerprint density at radius 1 is 1.78 bits per heavy atom. The molecule has 0 aromatic carbocycles. The summed E-state index contributed by atoms with van der Waals surface area (Å²) in [5.74, 6) is 0. The van der Waals surface area contributed by atoms with Crippen molar-refractivity contribution in [2.75, 3.05) is 6.61 Å². The summed E-state index contributed by atoms with van der Waals surface area (Å²) in [5.41, 5.74) is 0. The number of thioether (sulfide) groups is 1. The molecule has 0 saturated carbocycles. The van der Waals surface area contributed by atoms with Crippen molar-refractivity contribution >= 4 is 35.0 Å². The van der Waals surface area contributed by atoms with Crippen LogP contribution in [0.3, 0.4) is 0 Å². The molecule has 0 bridgehead atoms. The summed E-state index contributed by atoms with van der Waals surface area (Å²) >= 11 is 12.5. The molecule has 52 valence electrons. The normalized spacial score (nSPS) is 26.8. The van der Waals surface area contributed by atoms with Crippen LogP contribution >= 0.6 is 35.0 Å². The van der Waals surface area contributed by atoms with E-state index >= 15 is 0 Å². The summed E-state index contributed by atoms with van der Waals surface area (Å²) in [6.07, 6.45) is 0. The molecule has 1 rings (SSSR count). The molecule has 0 fully saturated rings. The predicted octanol–water partition coefficient (Wildman–Crippen LogP) is 1.25. The maximum atomic E-state index is 8.59. The van der Waals surface area contributed by atoms with E-state index in [0.29, 0.717) is 10.1 Å². The Labute approximate surface area is 67.2 Å². The molecule has 0 aromatic rings. The number of hydrogen-bond donors (Lipinski definition) is 2. The fourth-order valence-electron chi connectivity index (χ4n) is 0.493. The molecule has 0 aliphatic carbocycles. The summed E-state index contributed by atoms with van der Waals surface area (Å²) in [7, 11) is 0. The number of halogens is 2. The summed E-state index contributed by atoms with van der Waals surface area (Å²) in [4.78, 5) is 0.483. The lowest BCUT2D eigenvalue weighted by Crippen LogP contribution is -2.10. The summed E-state index contributed by atoms with van der Waals surface area (Å²) < 4.78 is 0. The molecule has 9 heavy (non-hydrogen) atoms. The van der Waals surface area contributed by atoms with Gasteiger partial charge >= 0.3 is 0 Å². The molecule has 2 nitrogen and oxygen atoms in total. The molecule has 0 aromatic heterocycles. The number of hydrogen-bond acceptors (Lipinski definition) is 3. The lowest BCUT2D eigenvalue weighted by atomic mass is 10.6. The summed E-state index contributed by atoms with van der Waals surface area (Å²) in [5, 5.41) is 11.8. The van der Waals surface area contributed by atoms with Gasteiger partial charge in [0.05, 0.1) is 6.61 Å². The van der Waals surface area contributed by atoms with Crippen molar-refractivity contribution in [1.82, 2.24) is 5.32 Å². The van der Waals surface area contributed by atoms with E-state index in [4.69, 9.17) is 28.3 Å². The Hall–Kier alpha value is 0.430. The molecular weight excluding hydrogens is 181 g/mol. The van der Waals surface area contributed by atoms with Crippen molar-refractivity contribution in [3.05, 3.63) is 10.1 Å². The average Bonchev–Trinajstić information content (AvgIpc) is 2.10. The number of alkyl halides is 1. The van der Waals surface area contributed by atoms with Crippen LogP contribution in [-0.4, -0.2) is 16.5 Å². The van der Waals surface area contributed by atoms with Crippen molar-refractivity contribution in [1.29, 1.82) is 0 Å². The van der Waals surface area contributed by atoms with Crippen LogP contribution in [0, 0.1) is 0 Å². The van der Waals surface area contributed by atoms with Gasteiger partial charge in [-0.15, -0.1) is 0 Å². The van der Waals surface area contributed by atoms with Gasteiger partial charge in [-0.05, 0) is 0 Å². The molecule has 5 heteroatoms. The number of rotatable bonds is 1. The van der Waals surface area contributed by atoms with E-state index in [0.717, 1.165) is 0 Å². The van der Waals surface area contributed by atoms with Gasteiger partial charge in [0.25, 0.3) is 0 Å². The van der Waals surface area contributed by atoms with E-state index in [2.05, 4.69) is 5.32 Å². The monoisotopic (exact) mass is 185 g/mol. The SMILES string of the molecule is OCC1=C(Cl)NC(Cl)S1. The maximum Gasteiger partial charge on any atom is 0.153 e. The van der Waals surface area contributed by atoms with Crippen molar-refractivity contribution in [2.24, 2.45) is 0 Å². The van der Waals surface area contributed by atoms with Crippen LogP contribution in [0.2, 0.25) is 0 Å². The number of aliphatic hydroxyl groups is 1. The minimum absolute atomic E-state index is 0.0419. The second-order valence-electron chi connectivity index (χ2n) is 1.47. The highest BCUT2D eigenvalue weighted by Gasteiger charge is 2.19. The van der Waals surface area contributed by atoms with Gasteiger partial charge in [0.2, 0.25) is 0 Å². The lowest BCUT2D eigenvalue weighted by molar-refractivity contribution is 0.339. The second kappa shape index (κ2) is 3.01. The third-order valence-corrected chi connectivity index (χ3v) is 2.64. The molecule has 1 unspecified atom stereocenters. The van der Waals surface area contributed by atoms with Crippen molar-refractivity contribution in [3.63, 3.8) is 0 Å². The quantitative estimate of drug-likeness (QED) is 0.477. The first kappa shape index (κ1) is 7.54. The third kappa shape index (κ3) is 1.67. The average molecular weight is 186 g/mol. The molecule has 2 N–H and O–H groups in total. The Morgan fingerprint density at radius 2 is 2.44 bits per heavy atom. The minimum atomic E-state index is -0.223. The number of aliphatic hydroxyl groups excluding tert-OH is 1. The van der Waals surface area contributed by atoms with Gasteiger partial charge in [0, 0.05) is 4.91 Å². The van der Waals surface area contributed by atoms with Gasteiger partial charge in [-0.25, -0.2) is 0 Å². The molecule has 1 heterocycles. The first-order valence-corrected chi connectivity index (χ1v) is 4.00. The van der Waals surface area contributed by atoms with Crippen LogP contribution in [0.4, 0.5) is 0 Å². The summed E-state index contributed by atoms with van der Waals surface area (Å²) in [6.45, 7) is -0.0419. The zero-order valence-corrected chi connectivity index (χ0v) is 6.72. The van der Waals surface area contributed by atoms with Crippen molar-refractivity contribution < 1.29 is 5.11 Å². The Kier molecular flexibility index (Phi) is 2.52. The van der Waals surface area contributed by atoms with E-state index in [1.807, 2.05) is 0 Å². The van der Waals surface area contributed by atoms with Crippen LogP contribution in [0.1, 0.15) is 0 Å². The van der Waals surface area contributed by atoms with Crippen LogP contribution in [0.5, 0.6) is 0 Å². The number of nitrogens with one attached hydrogen (secondary N) is 1. The van der Waals surface area contributed by atoms with Crippen LogP contribution in [0.15, 0.2) is 10.1 Å². The fourth-order valence-corrected chi connectivity index (χ4v) is 2.01. The Morgan fingerprint density at radius 3 is 2.67 bits per heavy atom. The molecule has 0 saturated heterocycles. The van der Waals surface area contributed by atoms with Gasteiger partial charge in [-0.1, -0.05) is 35.0 Å². The largest absolute Gasteiger partial charge is 0.391 e. The minimum Gasteiger partial charge on any atom is -0.391 e. The first-order valence-electron chi connectivity index (χ1n) is 2.31. The highest BCUT2D eigenvalue weighted by atomic mass is 35.5. The molecule has 0 amide bonds. The van der Waals surface area contributed by atoms with E-state index < -0.39 is 0 Å². The molecular formula is C4H5Cl2NOS. The third-order valence-electron chi connectivity index (χ3n) is 0.874. The fraction of sp³-hybridized carbons (Fsp3) is 0.500. The van der Waals surface area contributed by atoms with E-state index in [1.54, 1.807) is 0 Å². The molecule has 1 aliphatic rings. The van der Waals surface area contributed by atoms with Gasteiger partial charge in [0.1, 0.15) is 5.16 Å². The molecule has 0 spiro atoms. The zero-order chi connectivity index (χ0) is 6.85.